The van der Waals surface area contributed by atoms with Gasteiger partial charge in [0.15, 0.2) is 24.6 Å². The van der Waals surface area contributed by atoms with Crippen LogP contribution in [-0.4, -0.2) is 15.0 Å². The van der Waals surface area contributed by atoms with Gasteiger partial charge in [-0.1, -0.05) is 115 Å². The SMILES string of the molecule is N#Cc1ccc(-c2nc(-c3ccc(F)cc3)nc(-c3ccc(-c4cccc(P(=O)(c5ccc6ccccc6c5)c5ccc6ccccc6c5)c4)cc3)n2)cc1. The van der Waals surface area contributed by atoms with Crippen molar-refractivity contribution < 1.29 is 8.96 Å². The Balaban J connectivity index is 1.12. The molecule has 0 aliphatic carbocycles. The first-order chi connectivity index (χ1) is 26.9. The van der Waals surface area contributed by atoms with Crippen molar-refractivity contribution in [1.29, 1.82) is 5.26 Å². The standard InChI is InChI=1S/C48H30FN4OP/c49-42-24-20-38(21-25-42)48-52-46(36-14-12-32(31-50)13-15-36)51-47(53-48)37-18-16-35(17-19-37)41-10-5-11-43(28-41)55(54,44-26-22-33-6-1-3-8-39(33)29-44)45-27-23-34-7-2-4-9-40(34)30-45/h1-30H. The molecule has 0 aliphatic heterocycles. The molecule has 0 atom stereocenters. The van der Waals surface area contributed by atoms with Crippen LogP contribution in [0, 0.1) is 17.1 Å². The highest BCUT2D eigenvalue weighted by Crippen LogP contribution is 2.44. The fourth-order valence-corrected chi connectivity index (χ4v) is 9.66. The van der Waals surface area contributed by atoms with Crippen LogP contribution in [0.2, 0.25) is 0 Å². The number of nitriles is 1. The number of hydrogen-bond donors (Lipinski definition) is 0. The second kappa shape index (κ2) is 14.1. The molecule has 0 saturated heterocycles. The lowest BCUT2D eigenvalue weighted by Gasteiger charge is -2.22. The van der Waals surface area contributed by atoms with Gasteiger partial charge in [-0.15, -0.1) is 0 Å². The molecule has 1 aromatic heterocycles. The van der Waals surface area contributed by atoms with Crippen LogP contribution in [0.4, 0.5) is 4.39 Å². The fourth-order valence-electron chi connectivity index (χ4n) is 6.94. The normalized spacial score (nSPS) is 11.4. The molecule has 0 amide bonds. The largest absolute Gasteiger partial charge is 0.309 e. The highest BCUT2D eigenvalue weighted by molar-refractivity contribution is 7.85. The summed E-state index contributed by atoms with van der Waals surface area (Å²) in [5.74, 6) is 0.935. The molecule has 9 rings (SSSR count). The van der Waals surface area contributed by atoms with E-state index in [1.807, 2.05) is 84.9 Å². The number of aromatic nitrogens is 3. The molecular formula is C48H30FN4OP. The Morgan fingerprint density at radius 3 is 1.36 bits per heavy atom. The molecule has 0 aliphatic rings. The maximum absolute atomic E-state index is 15.8. The predicted octanol–water partition coefficient (Wildman–Crippen LogP) is 10.5. The Morgan fingerprint density at radius 1 is 0.418 bits per heavy atom. The van der Waals surface area contributed by atoms with Crippen molar-refractivity contribution in [3.8, 4) is 51.4 Å². The average Bonchev–Trinajstić information content (AvgIpc) is 3.26. The molecule has 5 nitrogen and oxygen atoms in total. The van der Waals surface area contributed by atoms with Crippen LogP contribution in [0.1, 0.15) is 5.56 Å². The minimum Gasteiger partial charge on any atom is -0.309 e. The van der Waals surface area contributed by atoms with E-state index < -0.39 is 7.14 Å². The van der Waals surface area contributed by atoms with Crippen molar-refractivity contribution in [2.45, 2.75) is 0 Å². The summed E-state index contributed by atoms with van der Waals surface area (Å²) < 4.78 is 29.6. The summed E-state index contributed by atoms with van der Waals surface area (Å²) in [6.07, 6.45) is 0. The fraction of sp³-hybridized carbons (Fsp3) is 0. The van der Waals surface area contributed by atoms with Crippen molar-refractivity contribution in [3.05, 3.63) is 193 Å². The number of rotatable bonds is 7. The van der Waals surface area contributed by atoms with E-state index in [0.29, 0.717) is 28.6 Å². The number of hydrogen-bond acceptors (Lipinski definition) is 5. The maximum Gasteiger partial charge on any atom is 0.171 e. The Morgan fingerprint density at radius 2 is 0.855 bits per heavy atom. The zero-order valence-electron chi connectivity index (χ0n) is 29.3. The first-order valence-corrected chi connectivity index (χ1v) is 19.5. The van der Waals surface area contributed by atoms with Gasteiger partial charge in [-0.2, -0.15) is 5.26 Å². The van der Waals surface area contributed by atoms with Crippen molar-refractivity contribution in [1.82, 2.24) is 15.0 Å². The molecule has 260 valence electrons. The van der Waals surface area contributed by atoms with E-state index in [1.54, 1.807) is 36.4 Å². The summed E-state index contributed by atoms with van der Waals surface area (Å²) >= 11 is 0. The summed E-state index contributed by atoms with van der Waals surface area (Å²) in [5.41, 5.74) is 4.53. The van der Waals surface area contributed by atoms with Gasteiger partial charge in [0.1, 0.15) is 5.82 Å². The van der Waals surface area contributed by atoms with Gasteiger partial charge in [0.05, 0.1) is 11.6 Å². The lowest BCUT2D eigenvalue weighted by Crippen LogP contribution is -2.25. The van der Waals surface area contributed by atoms with Crippen molar-refractivity contribution in [2.24, 2.45) is 0 Å². The van der Waals surface area contributed by atoms with Crippen LogP contribution in [0.5, 0.6) is 0 Å². The molecule has 0 bridgehead atoms. The predicted molar refractivity (Wildman–Crippen MR) is 221 cm³/mol. The lowest BCUT2D eigenvalue weighted by molar-refractivity contribution is 0.592. The molecule has 0 saturated carbocycles. The highest BCUT2D eigenvalue weighted by Gasteiger charge is 2.31. The average molecular weight is 729 g/mol. The summed E-state index contributed by atoms with van der Waals surface area (Å²) in [6.45, 7) is 0. The van der Waals surface area contributed by atoms with E-state index in [9.17, 15) is 9.65 Å². The van der Waals surface area contributed by atoms with Crippen molar-refractivity contribution >= 4 is 44.6 Å². The smallest absolute Gasteiger partial charge is 0.171 e. The van der Waals surface area contributed by atoms with Gasteiger partial charge >= 0.3 is 0 Å². The highest BCUT2D eigenvalue weighted by atomic mass is 31.2. The minimum absolute atomic E-state index is 0.351. The van der Waals surface area contributed by atoms with Gasteiger partial charge in [0.2, 0.25) is 0 Å². The molecule has 55 heavy (non-hydrogen) atoms. The molecule has 0 unspecified atom stereocenters. The molecule has 8 aromatic carbocycles. The van der Waals surface area contributed by atoms with Crippen LogP contribution in [0.15, 0.2) is 182 Å². The molecule has 1 heterocycles. The monoisotopic (exact) mass is 728 g/mol. The second-order valence-electron chi connectivity index (χ2n) is 13.3. The Kier molecular flexibility index (Phi) is 8.63. The summed E-state index contributed by atoms with van der Waals surface area (Å²) in [6, 6.07) is 59.7. The quantitative estimate of drug-likeness (QED) is 0.153. The van der Waals surface area contributed by atoms with Gasteiger partial charge < -0.3 is 4.57 Å². The Labute approximate surface area is 317 Å². The zero-order valence-corrected chi connectivity index (χ0v) is 30.2. The number of fused-ring (bicyclic) bond motifs is 2. The molecular weight excluding hydrogens is 699 g/mol. The number of halogens is 1. The van der Waals surface area contributed by atoms with E-state index in [0.717, 1.165) is 59.7 Å². The van der Waals surface area contributed by atoms with Crippen LogP contribution >= 0.6 is 7.14 Å². The number of benzene rings is 8. The molecule has 9 aromatic rings. The zero-order chi connectivity index (χ0) is 37.4. The van der Waals surface area contributed by atoms with Gasteiger partial charge in [-0.05, 0) is 99.4 Å². The van der Waals surface area contributed by atoms with Crippen LogP contribution in [0.25, 0.3) is 66.8 Å². The van der Waals surface area contributed by atoms with E-state index in [-0.39, 0.29) is 5.82 Å². The van der Waals surface area contributed by atoms with E-state index in [4.69, 9.17) is 15.0 Å². The third-order valence-corrected chi connectivity index (χ3v) is 12.9. The maximum atomic E-state index is 15.8. The van der Waals surface area contributed by atoms with Gasteiger partial charge in [-0.25, -0.2) is 19.3 Å². The molecule has 0 radical (unpaired) electrons. The van der Waals surface area contributed by atoms with E-state index >= 15 is 4.57 Å². The van der Waals surface area contributed by atoms with Gasteiger partial charge in [0, 0.05) is 32.6 Å². The molecule has 7 heteroatoms. The summed E-state index contributed by atoms with van der Waals surface area (Å²) in [5, 5.41) is 15.9. The minimum atomic E-state index is -3.34. The summed E-state index contributed by atoms with van der Waals surface area (Å²) in [4.78, 5) is 14.3. The number of nitrogens with zero attached hydrogens (tertiary/aromatic N) is 4. The van der Waals surface area contributed by atoms with Crippen molar-refractivity contribution in [3.63, 3.8) is 0 Å². The Hall–Kier alpha value is -7.06. The first-order valence-electron chi connectivity index (χ1n) is 17.8. The second-order valence-corrected chi connectivity index (χ2v) is 16.1. The van der Waals surface area contributed by atoms with Crippen LogP contribution in [0.3, 0.4) is 0 Å². The van der Waals surface area contributed by atoms with E-state index in [2.05, 4.69) is 54.6 Å². The van der Waals surface area contributed by atoms with E-state index in [1.165, 1.54) is 12.1 Å². The molecule has 0 N–H and O–H groups in total. The van der Waals surface area contributed by atoms with Gasteiger partial charge in [0.25, 0.3) is 0 Å². The lowest BCUT2D eigenvalue weighted by atomic mass is 10.0. The third kappa shape index (κ3) is 6.48. The Bertz CT molecular complexity index is 2890. The first kappa shape index (κ1) is 33.8. The van der Waals surface area contributed by atoms with Gasteiger partial charge in [-0.3, -0.25) is 0 Å². The molecule has 0 spiro atoms. The third-order valence-electron chi connectivity index (χ3n) is 9.89. The van der Waals surface area contributed by atoms with Crippen LogP contribution in [-0.2, 0) is 4.57 Å². The van der Waals surface area contributed by atoms with Crippen molar-refractivity contribution in [2.75, 3.05) is 0 Å². The van der Waals surface area contributed by atoms with Crippen LogP contribution < -0.4 is 15.9 Å². The topological polar surface area (TPSA) is 79.5 Å². The summed E-state index contributed by atoms with van der Waals surface area (Å²) in [7, 11) is -3.34. The molecule has 0 fully saturated rings.